The number of nitrogens with zero attached hydrogens (tertiary/aromatic N) is 4. The van der Waals surface area contributed by atoms with Gasteiger partial charge in [0.2, 0.25) is 17.6 Å². The first-order chi connectivity index (χ1) is 13.9. The molecule has 11 nitrogen and oxygen atoms in total. The third-order valence-electron chi connectivity index (χ3n) is 3.47. The van der Waals surface area contributed by atoms with Gasteiger partial charge in [0.25, 0.3) is 0 Å². The summed E-state index contributed by atoms with van der Waals surface area (Å²) >= 11 is 1.40. The fourth-order valence-corrected chi connectivity index (χ4v) is 2.12. The van der Waals surface area contributed by atoms with Crippen LogP contribution in [0.1, 0.15) is 38.1 Å². The van der Waals surface area contributed by atoms with Gasteiger partial charge < -0.3 is 22.3 Å². The van der Waals surface area contributed by atoms with Gasteiger partial charge in [-0.25, -0.2) is 14.8 Å². The van der Waals surface area contributed by atoms with E-state index in [-0.39, 0.29) is 35.0 Å². The van der Waals surface area contributed by atoms with E-state index < -0.39 is 5.97 Å². The molecule has 30 heavy (non-hydrogen) atoms. The number of fused-ring (bicyclic) bond motifs is 1. The second-order valence-electron chi connectivity index (χ2n) is 6.63. The second-order valence-corrected chi connectivity index (χ2v) is 7.53. The molecule has 0 bridgehead atoms. The second kappa shape index (κ2) is 10.9. The quantitative estimate of drug-likeness (QED) is 0.472. The number of aromatic nitrogens is 4. The molecule has 12 heteroatoms. The highest BCUT2D eigenvalue weighted by atomic mass is 32.1. The number of pyridine rings is 1. The molecule has 0 fully saturated rings. The third kappa shape index (κ3) is 7.13. The first-order valence-electron chi connectivity index (χ1n) is 8.82. The zero-order valence-electron chi connectivity index (χ0n) is 17.1. The molecule has 0 aliphatic carbocycles. The zero-order chi connectivity index (χ0) is 23.0. The SMILES string of the molecule is CC(C)C(N)=O.CC(C)C(N)=O.Nc1cc(C(=O)O)cc2nc(-c3nccs3)nn12. The van der Waals surface area contributed by atoms with E-state index in [4.69, 9.17) is 22.3 Å². The first-order valence-corrected chi connectivity index (χ1v) is 9.70. The van der Waals surface area contributed by atoms with Gasteiger partial charge in [0, 0.05) is 23.4 Å². The van der Waals surface area contributed by atoms with Gasteiger partial charge in [-0.05, 0) is 12.1 Å². The molecule has 0 saturated heterocycles. The minimum atomic E-state index is -1.05. The van der Waals surface area contributed by atoms with Crippen molar-refractivity contribution in [3.05, 3.63) is 29.3 Å². The molecule has 162 valence electrons. The van der Waals surface area contributed by atoms with Crippen LogP contribution in [0, 0.1) is 11.8 Å². The van der Waals surface area contributed by atoms with Crippen LogP contribution in [0.25, 0.3) is 16.5 Å². The number of anilines is 1. The number of hydrogen-bond acceptors (Lipinski definition) is 8. The number of aromatic carboxylic acids is 1. The minimum absolute atomic E-state index is 0.00926. The van der Waals surface area contributed by atoms with Crippen molar-refractivity contribution in [1.29, 1.82) is 0 Å². The van der Waals surface area contributed by atoms with Crippen LogP contribution in [0.3, 0.4) is 0 Å². The van der Waals surface area contributed by atoms with E-state index in [0.717, 1.165) is 0 Å². The van der Waals surface area contributed by atoms with Gasteiger partial charge in [0.05, 0.1) is 5.56 Å². The molecule has 0 aliphatic rings. The molecule has 0 aromatic carbocycles. The molecule has 0 radical (unpaired) electrons. The first kappa shape index (κ1) is 24.5. The number of carbonyl (C=O) groups is 3. The lowest BCUT2D eigenvalue weighted by Crippen LogP contribution is -2.17. The van der Waals surface area contributed by atoms with Crippen LogP contribution >= 0.6 is 11.3 Å². The number of hydrogen-bond donors (Lipinski definition) is 4. The summed E-state index contributed by atoms with van der Waals surface area (Å²) in [5.74, 6) is -0.901. The largest absolute Gasteiger partial charge is 0.478 e. The maximum atomic E-state index is 10.9. The highest BCUT2D eigenvalue weighted by Crippen LogP contribution is 2.20. The van der Waals surface area contributed by atoms with Gasteiger partial charge in [0.15, 0.2) is 10.7 Å². The van der Waals surface area contributed by atoms with Crippen molar-refractivity contribution in [3.8, 4) is 10.8 Å². The Balaban J connectivity index is 0.000000312. The lowest BCUT2D eigenvalue weighted by Gasteiger charge is -1.99. The molecule has 2 amide bonds. The minimum Gasteiger partial charge on any atom is -0.478 e. The summed E-state index contributed by atoms with van der Waals surface area (Å²) in [6.45, 7) is 7.06. The average molecular weight is 436 g/mol. The lowest BCUT2D eigenvalue weighted by molar-refractivity contribution is -0.121. The number of rotatable bonds is 4. The third-order valence-corrected chi connectivity index (χ3v) is 4.24. The zero-order valence-corrected chi connectivity index (χ0v) is 17.9. The topological polar surface area (TPSA) is 193 Å². The van der Waals surface area contributed by atoms with Crippen molar-refractivity contribution in [3.63, 3.8) is 0 Å². The van der Waals surface area contributed by atoms with E-state index in [0.29, 0.717) is 16.5 Å². The highest BCUT2D eigenvalue weighted by Gasteiger charge is 2.13. The maximum Gasteiger partial charge on any atom is 0.335 e. The predicted octanol–water partition coefficient (Wildman–Crippen LogP) is 1.39. The molecule has 3 heterocycles. The summed E-state index contributed by atoms with van der Waals surface area (Å²) < 4.78 is 1.39. The normalized spacial score (nSPS) is 10.2. The summed E-state index contributed by atoms with van der Waals surface area (Å²) in [7, 11) is 0. The van der Waals surface area contributed by atoms with E-state index in [1.807, 2.05) is 5.38 Å². The highest BCUT2D eigenvalue weighted by molar-refractivity contribution is 7.13. The summed E-state index contributed by atoms with van der Waals surface area (Å²) in [5, 5.41) is 15.6. The van der Waals surface area contributed by atoms with Gasteiger partial charge in [-0.2, -0.15) is 4.52 Å². The number of carboxylic acids is 1. The maximum absolute atomic E-state index is 10.9. The molecule has 0 saturated carbocycles. The molecule has 3 aromatic heterocycles. The smallest absolute Gasteiger partial charge is 0.335 e. The van der Waals surface area contributed by atoms with Gasteiger partial charge in [-0.3, -0.25) is 9.59 Å². The van der Waals surface area contributed by atoms with Crippen LogP contribution in [0.15, 0.2) is 23.7 Å². The van der Waals surface area contributed by atoms with Crippen molar-refractivity contribution in [2.75, 3.05) is 5.73 Å². The molecule has 0 spiro atoms. The van der Waals surface area contributed by atoms with Crippen LogP contribution in [-0.2, 0) is 9.59 Å². The van der Waals surface area contributed by atoms with E-state index >= 15 is 0 Å². The lowest BCUT2D eigenvalue weighted by atomic mass is 10.2. The van der Waals surface area contributed by atoms with Crippen LogP contribution in [-0.4, -0.2) is 42.5 Å². The Bertz CT molecular complexity index is 995. The molecule has 0 aliphatic heterocycles. The Kier molecular flexibility index (Phi) is 8.86. The van der Waals surface area contributed by atoms with E-state index in [2.05, 4.69) is 15.1 Å². The Hall–Kier alpha value is -3.54. The molecular weight excluding hydrogens is 410 g/mol. The summed E-state index contributed by atoms with van der Waals surface area (Å²) in [6, 6.07) is 2.76. The molecule has 7 N–H and O–H groups in total. The van der Waals surface area contributed by atoms with Crippen LogP contribution < -0.4 is 17.2 Å². The molecule has 0 atom stereocenters. The van der Waals surface area contributed by atoms with Crippen LogP contribution in [0.4, 0.5) is 5.82 Å². The number of amides is 2. The molecule has 3 aromatic rings. The fourth-order valence-electron chi connectivity index (χ4n) is 1.56. The van der Waals surface area contributed by atoms with Gasteiger partial charge in [-0.1, -0.05) is 27.7 Å². The van der Waals surface area contributed by atoms with Crippen molar-refractivity contribution in [2.45, 2.75) is 27.7 Å². The van der Waals surface area contributed by atoms with Crippen molar-refractivity contribution in [1.82, 2.24) is 19.6 Å². The Morgan fingerprint density at radius 2 is 1.60 bits per heavy atom. The Morgan fingerprint density at radius 1 is 1.07 bits per heavy atom. The standard InChI is InChI=1S/C10H7N5O2S.2C4H9NO/c11-6-3-5(10(16)17)4-7-13-8(14-15(6)7)9-12-1-2-18-9;2*1-3(2)4(5)6/h1-4H,11H2,(H,16,17);2*3H,1-2H3,(H2,5,6). The number of nitrogen functional groups attached to an aromatic ring is 1. The molecule has 3 rings (SSSR count). The van der Waals surface area contributed by atoms with Crippen LogP contribution in [0.5, 0.6) is 0 Å². The van der Waals surface area contributed by atoms with Crippen molar-refractivity contribution in [2.24, 2.45) is 23.3 Å². The Morgan fingerprint density at radius 3 is 2.00 bits per heavy atom. The number of carboxylic acid groups (broad SMARTS) is 1. The van der Waals surface area contributed by atoms with E-state index in [1.165, 1.54) is 28.0 Å². The average Bonchev–Trinajstić information content (AvgIpc) is 3.32. The summed E-state index contributed by atoms with van der Waals surface area (Å²) in [5.41, 5.74) is 15.8. The van der Waals surface area contributed by atoms with Gasteiger partial charge in [0.1, 0.15) is 5.82 Å². The number of nitrogens with two attached hydrogens (primary N) is 3. The molecular formula is C18H25N7O4S. The van der Waals surface area contributed by atoms with Gasteiger partial charge in [-0.15, -0.1) is 16.4 Å². The number of carbonyl (C=O) groups excluding carboxylic acids is 2. The fraction of sp³-hybridized carbons (Fsp3) is 0.333. The Labute approximate surface area is 176 Å². The molecule has 0 unspecified atom stereocenters. The predicted molar refractivity (Wildman–Crippen MR) is 114 cm³/mol. The monoisotopic (exact) mass is 435 g/mol. The summed E-state index contributed by atoms with van der Waals surface area (Å²) in [4.78, 5) is 39.1. The number of primary amides is 2. The van der Waals surface area contributed by atoms with Gasteiger partial charge >= 0.3 is 5.97 Å². The van der Waals surface area contributed by atoms with Crippen molar-refractivity contribution >= 4 is 40.6 Å². The number of thiazole rings is 1. The van der Waals surface area contributed by atoms with E-state index in [9.17, 15) is 14.4 Å². The van der Waals surface area contributed by atoms with Crippen LogP contribution in [0.2, 0.25) is 0 Å². The van der Waals surface area contributed by atoms with E-state index in [1.54, 1.807) is 33.9 Å². The van der Waals surface area contributed by atoms with Crippen molar-refractivity contribution < 1.29 is 19.5 Å². The summed E-state index contributed by atoms with van der Waals surface area (Å²) in [6.07, 6.45) is 1.65.